The van der Waals surface area contributed by atoms with E-state index >= 15 is 0 Å². The third-order valence-electron chi connectivity index (χ3n) is 2.96. The molecule has 1 aromatic rings. The van der Waals surface area contributed by atoms with Crippen LogP contribution in [-0.4, -0.2) is 36.6 Å². The number of carbonyl (C=O) groups is 1. The molecule has 0 bridgehead atoms. The van der Waals surface area contributed by atoms with Crippen molar-refractivity contribution in [2.24, 2.45) is 0 Å². The van der Waals surface area contributed by atoms with Crippen LogP contribution in [-0.2, 0) is 0 Å². The number of amides is 2. The van der Waals surface area contributed by atoms with Crippen molar-refractivity contribution in [2.45, 2.75) is 19.9 Å². The molecule has 1 saturated heterocycles. The summed E-state index contributed by atoms with van der Waals surface area (Å²) in [5, 5.41) is 6.24. The van der Waals surface area contributed by atoms with Crippen molar-refractivity contribution in [2.75, 3.05) is 25.0 Å². The van der Waals surface area contributed by atoms with Crippen LogP contribution >= 0.6 is 0 Å². The first-order chi connectivity index (χ1) is 8.15. The summed E-state index contributed by atoms with van der Waals surface area (Å²) in [6.07, 6.45) is 0. The van der Waals surface area contributed by atoms with E-state index in [4.69, 9.17) is 0 Å². The Morgan fingerprint density at radius 2 is 2.12 bits per heavy atom. The molecule has 0 spiro atoms. The van der Waals surface area contributed by atoms with Gasteiger partial charge in [0.15, 0.2) is 0 Å². The van der Waals surface area contributed by atoms with Gasteiger partial charge >= 0.3 is 6.03 Å². The molecule has 0 unspecified atom stereocenters. The summed E-state index contributed by atoms with van der Waals surface area (Å²) in [7, 11) is 0. The van der Waals surface area contributed by atoms with Gasteiger partial charge in [-0.15, -0.1) is 0 Å². The minimum atomic E-state index is -0.0118. The summed E-state index contributed by atoms with van der Waals surface area (Å²) in [4.78, 5) is 13.8. The molecular weight excluding hydrogens is 214 g/mol. The monoisotopic (exact) mass is 233 g/mol. The second-order valence-corrected chi connectivity index (χ2v) is 4.60. The predicted molar refractivity (Wildman–Crippen MR) is 69.2 cm³/mol. The first-order valence-corrected chi connectivity index (χ1v) is 6.01. The fourth-order valence-corrected chi connectivity index (χ4v) is 1.96. The Morgan fingerprint density at radius 1 is 1.41 bits per heavy atom. The number of carbonyl (C=O) groups excluding carboxylic acids is 1. The number of anilines is 1. The van der Waals surface area contributed by atoms with Crippen LogP contribution in [0.4, 0.5) is 10.5 Å². The fraction of sp³-hybridized carbons (Fsp3) is 0.462. The van der Waals surface area contributed by atoms with Gasteiger partial charge in [0.05, 0.1) is 0 Å². The summed E-state index contributed by atoms with van der Waals surface area (Å²) in [5.74, 6) is 0. The summed E-state index contributed by atoms with van der Waals surface area (Å²) in [5.41, 5.74) is 2.05. The van der Waals surface area contributed by atoms with Crippen LogP contribution in [0.25, 0.3) is 0 Å². The lowest BCUT2D eigenvalue weighted by Crippen LogP contribution is -2.52. The van der Waals surface area contributed by atoms with Crippen molar-refractivity contribution in [1.82, 2.24) is 10.2 Å². The van der Waals surface area contributed by atoms with Gasteiger partial charge in [0.1, 0.15) is 0 Å². The van der Waals surface area contributed by atoms with E-state index in [0.29, 0.717) is 6.04 Å². The summed E-state index contributed by atoms with van der Waals surface area (Å²) in [6, 6.07) is 8.21. The molecule has 17 heavy (non-hydrogen) atoms. The first-order valence-electron chi connectivity index (χ1n) is 6.01. The Labute approximate surface area is 102 Å². The molecule has 4 heteroatoms. The van der Waals surface area contributed by atoms with Gasteiger partial charge in [-0.2, -0.15) is 0 Å². The second-order valence-electron chi connectivity index (χ2n) is 4.60. The van der Waals surface area contributed by atoms with Gasteiger partial charge in [0.25, 0.3) is 0 Å². The molecular formula is C13H19N3O. The number of piperazine rings is 1. The van der Waals surface area contributed by atoms with Gasteiger partial charge in [-0.1, -0.05) is 17.7 Å². The SMILES string of the molecule is Cc1ccc(NC(=O)N2CCN[C@H](C)C2)cc1. The van der Waals surface area contributed by atoms with E-state index in [2.05, 4.69) is 17.6 Å². The van der Waals surface area contributed by atoms with Crippen LogP contribution in [0.15, 0.2) is 24.3 Å². The standard InChI is InChI=1S/C13H19N3O/c1-10-3-5-12(6-4-10)15-13(17)16-8-7-14-11(2)9-16/h3-6,11,14H,7-9H2,1-2H3,(H,15,17)/t11-/m1/s1. The van der Waals surface area contributed by atoms with Gasteiger partial charge in [-0.25, -0.2) is 4.79 Å². The van der Waals surface area contributed by atoms with Crippen LogP contribution in [0.3, 0.4) is 0 Å². The number of hydrogen-bond acceptors (Lipinski definition) is 2. The smallest absolute Gasteiger partial charge is 0.321 e. The predicted octanol–water partition coefficient (Wildman–Crippen LogP) is 1.82. The maximum Gasteiger partial charge on any atom is 0.321 e. The second kappa shape index (κ2) is 5.19. The quantitative estimate of drug-likeness (QED) is 0.777. The molecule has 92 valence electrons. The van der Waals surface area contributed by atoms with E-state index in [1.54, 1.807) is 0 Å². The Hall–Kier alpha value is -1.55. The Balaban J connectivity index is 1.94. The lowest BCUT2D eigenvalue weighted by atomic mass is 10.2. The molecule has 0 aromatic heterocycles. The Bertz CT molecular complexity index is 388. The van der Waals surface area contributed by atoms with Crippen molar-refractivity contribution >= 4 is 11.7 Å². The molecule has 1 heterocycles. The summed E-state index contributed by atoms with van der Waals surface area (Å²) >= 11 is 0. The topological polar surface area (TPSA) is 44.4 Å². The molecule has 2 amide bonds. The molecule has 1 atom stereocenters. The van der Waals surface area contributed by atoms with Crippen molar-refractivity contribution in [3.8, 4) is 0 Å². The lowest BCUT2D eigenvalue weighted by Gasteiger charge is -2.31. The van der Waals surface area contributed by atoms with Gasteiger partial charge in [-0.05, 0) is 26.0 Å². The van der Waals surface area contributed by atoms with Crippen molar-refractivity contribution in [1.29, 1.82) is 0 Å². The largest absolute Gasteiger partial charge is 0.322 e. The molecule has 1 aliphatic rings. The minimum Gasteiger partial charge on any atom is -0.322 e. The van der Waals surface area contributed by atoms with E-state index in [1.807, 2.05) is 36.1 Å². The average molecular weight is 233 g/mol. The molecule has 2 N–H and O–H groups in total. The third kappa shape index (κ3) is 3.20. The molecule has 0 radical (unpaired) electrons. The minimum absolute atomic E-state index is 0.0118. The van der Waals surface area contributed by atoms with Crippen molar-refractivity contribution < 1.29 is 4.79 Å². The zero-order chi connectivity index (χ0) is 12.3. The molecule has 0 aliphatic carbocycles. The van der Waals surface area contributed by atoms with Gasteiger partial charge in [0.2, 0.25) is 0 Å². The Kier molecular flexibility index (Phi) is 3.64. The first kappa shape index (κ1) is 11.9. The lowest BCUT2D eigenvalue weighted by molar-refractivity contribution is 0.192. The summed E-state index contributed by atoms with van der Waals surface area (Å²) < 4.78 is 0. The van der Waals surface area contributed by atoms with Crippen LogP contribution in [0, 0.1) is 6.92 Å². The number of urea groups is 1. The number of nitrogens with one attached hydrogen (secondary N) is 2. The average Bonchev–Trinajstić information content (AvgIpc) is 2.32. The molecule has 1 aliphatic heterocycles. The Morgan fingerprint density at radius 3 is 2.76 bits per heavy atom. The maximum absolute atomic E-state index is 12.0. The van der Waals surface area contributed by atoms with E-state index in [9.17, 15) is 4.79 Å². The van der Waals surface area contributed by atoms with Crippen LogP contribution in [0.5, 0.6) is 0 Å². The van der Waals surface area contributed by atoms with Gasteiger partial charge < -0.3 is 15.5 Å². The highest BCUT2D eigenvalue weighted by Gasteiger charge is 2.20. The highest BCUT2D eigenvalue weighted by atomic mass is 16.2. The number of nitrogens with zero attached hydrogens (tertiary/aromatic N) is 1. The normalized spacial score (nSPS) is 20.1. The molecule has 2 rings (SSSR count). The van der Waals surface area contributed by atoms with Crippen LogP contribution < -0.4 is 10.6 Å². The highest BCUT2D eigenvalue weighted by Crippen LogP contribution is 2.10. The zero-order valence-electron chi connectivity index (χ0n) is 10.4. The van der Waals surface area contributed by atoms with Gasteiger partial charge in [0, 0.05) is 31.4 Å². The van der Waals surface area contributed by atoms with Crippen LogP contribution in [0.1, 0.15) is 12.5 Å². The van der Waals surface area contributed by atoms with Gasteiger partial charge in [-0.3, -0.25) is 0 Å². The number of rotatable bonds is 1. The maximum atomic E-state index is 12.0. The summed E-state index contributed by atoms with van der Waals surface area (Å²) in [6.45, 7) is 6.51. The zero-order valence-corrected chi connectivity index (χ0v) is 10.4. The number of aryl methyl sites for hydroxylation is 1. The van der Waals surface area contributed by atoms with Crippen molar-refractivity contribution in [3.63, 3.8) is 0 Å². The molecule has 4 nitrogen and oxygen atoms in total. The van der Waals surface area contributed by atoms with E-state index in [0.717, 1.165) is 25.3 Å². The number of hydrogen-bond donors (Lipinski definition) is 2. The fourth-order valence-electron chi connectivity index (χ4n) is 1.96. The molecule has 0 saturated carbocycles. The van der Waals surface area contributed by atoms with E-state index in [1.165, 1.54) is 5.56 Å². The molecule has 1 aromatic carbocycles. The third-order valence-corrected chi connectivity index (χ3v) is 2.96. The van der Waals surface area contributed by atoms with Crippen molar-refractivity contribution in [3.05, 3.63) is 29.8 Å². The molecule has 1 fully saturated rings. The van der Waals surface area contributed by atoms with E-state index in [-0.39, 0.29) is 6.03 Å². The number of benzene rings is 1. The van der Waals surface area contributed by atoms with E-state index < -0.39 is 0 Å². The van der Waals surface area contributed by atoms with Crippen LogP contribution in [0.2, 0.25) is 0 Å². The highest BCUT2D eigenvalue weighted by molar-refractivity contribution is 5.89.